The summed E-state index contributed by atoms with van der Waals surface area (Å²) in [5.74, 6) is 0.135. The van der Waals surface area contributed by atoms with Crippen LogP contribution in [0, 0.1) is 5.92 Å². The second kappa shape index (κ2) is 8.70. The Morgan fingerprint density at radius 2 is 1.92 bits per heavy atom. The fraction of sp³-hybridized carbons (Fsp3) is 0.412. The fourth-order valence-electron chi connectivity index (χ4n) is 2.65. The van der Waals surface area contributed by atoms with Crippen LogP contribution in [0.15, 0.2) is 24.3 Å². The average Bonchev–Trinajstić information content (AvgIpc) is 2.96. The molecule has 0 bridgehead atoms. The van der Waals surface area contributed by atoms with Crippen molar-refractivity contribution in [3.8, 4) is 11.5 Å². The van der Waals surface area contributed by atoms with Crippen molar-refractivity contribution >= 4 is 27.7 Å². The first-order chi connectivity index (χ1) is 12.3. The van der Waals surface area contributed by atoms with Crippen molar-refractivity contribution < 1.29 is 27.5 Å². The van der Waals surface area contributed by atoms with Crippen molar-refractivity contribution in [1.29, 1.82) is 0 Å². The molecular formula is C17H22N2O6S. The molecule has 1 heterocycles. The number of carbonyl (C=O) groups is 2. The molecule has 142 valence electrons. The van der Waals surface area contributed by atoms with Crippen LogP contribution in [0.4, 0.5) is 0 Å². The highest BCUT2D eigenvalue weighted by atomic mass is 32.2. The molecule has 2 amide bonds. The predicted octanol–water partition coefficient (Wildman–Crippen LogP) is 0.689. The standard InChI is InChI=1S/C17H22N2O6S/c1-24-14-5-3-12(9-15(14)25-2)4-6-16(20)18-19-17(21)10-13-7-8-26(22,23)11-13/h3-6,9,13H,7-8,10-11H2,1-2H3,(H,18,20)(H,19,21)/b6-4+/t13-/m1/s1. The van der Waals surface area contributed by atoms with Gasteiger partial charge in [0.25, 0.3) is 5.91 Å². The number of hydrogen-bond donors (Lipinski definition) is 2. The summed E-state index contributed by atoms with van der Waals surface area (Å²) >= 11 is 0. The maximum atomic E-state index is 11.8. The van der Waals surface area contributed by atoms with Crippen molar-refractivity contribution in [3.05, 3.63) is 29.8 Å². The molecule has 9 heteroatoms. The normalized spacial score (nSPS) is 18.5. The minimum absolute atomic E-state index is 0.0214. The minimum atomic E-state index is -3.02. The van der Waals surface area contributed by atoms with Crippen LogP contribution >= 0.6 is 0 Å². The molecule has 0 aliphatic carbocycles. The van der Waals surface area contributed by atoms with Gasteiger partial charge in [-0.25, -0.2) is 8.42 Å². The van der Waals surface area contributed by atoms with E-state index in [0.717, 1.165) is 5.56 Å². The molecule has 1 atom stereocenters. The topological polar surface area (TPSA) is 111 Å². The highest BCUT2D eigenvalue weighted by Gasteiger charge is 2.29. The Morgan fingerprint density at radius 3 is 2.54 bits per heavy atom. The number of methoxy groups -OCH3 is 2. The lowest BCUT2D eigenvalue weighted by atomic mass is 10.1. The maximum Gasteiger partial charge on any atom is 0.262 e. The highest BCUT2D eigenvalue weighted by Crippen LogP contribution is 2.27. The van der Waals surface area contributed by atoms with E-state index in [0.29, 0.717) is 17.9 Å². The third-order valence-corrected chi connectivity index (χ3v) is 5.80. The Hall–Kier alpha value is -2.55. The number of ether oxygens (including phenoxy) is 2. The van der Waals surface area contributed by atoms with Crippen molar-refractivity contribution in [2.75, 3.05) is 25.7 Å². The van der Waals surface area contributed by atoms with Crippen LogP contribution in [0.5, 0.6) is 11.5 Å². The SMILES string of the molecule is COc1ccc(/C=C/C(=O)NNC(=O)C[C@H]2CCS(=O)(=O)C2)cc1OC. The van der Waals surface area contributed by atoms with Gasteiger partial charge in [-0.15, -0.1) is 0 Å². The minimum Gasteiger partial charge on any atom is -0.493 e. The molecule has 1 saturated heterocycles. The first-order valence-electron chi connectivity index (χ1n) is 8.02. The molecule has 8 nitrogen and oxygen atoms in total. The molecule has 26 heavy (non-hydrogen) atoms. The lowest BCUT2D eigenvalue weighted by Crippen LogP contribution is -2.41. The average molecular weight is 382 g/mol. The summed E-state index contributed by atoms with van der Waals surface area (Å²) in [6, 6.07) is 5.18. The molecule has 1 aliphatic heterocycles. The summed E-state index contributed by atoms with van der Waals surface area (Å²) < 4.78 is 33.1. The maximum absolute atomic E-state index is 11.8. The Kier molecular flexibility index (Phi) is 6.62. The summed E-state index contributed by atoms with van der Waals surface area (Å²) in [5.41, 5.74) is 5.27. The fourth-order valence-corrected chi connectivity index (χ4v) is 4.51. The lowest BCUT2D eigenvalue weighted by Gasteiger charge is -2.09. The Bertz CT molecular complexity index is 803. The van der Waals surface area contributed by atoms with Crippen LogP contribution in [0.1, 0.15) is 18.4 Å². The van der Waals surface area contributed by atoms with E-state index in [1.54, 1.807) is 24.3 Å². The molecule has 0 unspecified atom stereocenters. The number of hydrazine groups is 1. The van der Waals surface area contributed by atoms with Gasteiger partial charge in [-0.05, 0) is 36.1 Å². The van der Waals surface area contributed by atoms with Gasteiger partial charge in [0.2, 0.25) is 5.91 Å². The third-order valence-electron chi connectivity index (χ3n) is 3.96. The zero-order valence-electron chi connectivity index (χ0n) is 14.7. The molecule has 2 rings (SSSR count). The quantitative estimate of drug-likeness (QED) is 0.553. The smallest absolute Gasteiger partial charge is 0.262 e. The summed E-state index contributed by atoms with van der Waals surface area (Å²) in [7, 11) is 0.0291. The number of sulfone groups is 1. The Labute approximate surface area is 152 Å². The van der Waals surface area contributed by atoms with E-state index in [1.807, 2.05) is 0 Å². The van der Waals surface area contributed by atoms with Crippen molar-refractivity contribution in [1.82, 2.24) is 10.9 Å². The highest BCUT2D eigenvalue weighted by molar-refractivity contribution is 7.91. The number of amides is 2. The number of benzene rings is 1. The molecule has 0 spiro atoms. The second-order valence-corrected chi connectivity index (χ2v) is 8.19. The van der Waals surface area contributed by atoms with Crippen molar-refractivity contribution in [2.24, 2.45) is 5.92 Å². The van der Waals surface area contributed by atoms with Crippen LogP contribution < -0.4 is 20.3 Å². The van der Waals surface area contributed by atoms with Gasteiger partial charge in [0.1, 0.15) is 0 Å². The molecule has 1 aromatic rings. The Morgan fingerprint density at radius 1 is 1.19 bits per heavy atom. The second-order valence-electron chi connectivity index (χ2n) is 5.96. The van der Waals surface area contributed by atoms with Gasteiger partial charge in [-0.1, -0.05) is 6.07 Å². The van der Waals surface area contributed by atoms with E-state index < -0.39 is 21.7 Å². The van der Waals surface area contributed by atoms with Crippen molar-refractivity contribution in [2.45, 2.75) is 12.8 Å². The molecule has 2 N–H and O–H groups in total. The lowest BCUT2D eigenvalue weighted by molar-refractivity contribution is -0.127. The van der Waals surface area contributed by atoms with E-state index in [-0.39, 0.29) is 23.8 Å². The first kappa shape index (κ1) is 19.8. The van der Waals surface area contributed by atoms with E-state index in [9.17, 15) is 18.0 Å². The largest absolute Gasteiger partial charge is 0.493 e. The molecule has 0 radical (unpaired) electrons. The monoisotopic (exact) mass is 382 g/mol. The van der Waals surface area contributed by atoms with Gasteiger partial charge in [0, 0.05) is 12.5 Å². The van der Waals surface area contributed by atoms with Crippen LogP contribution in [-0.4, -0.2) is 46.0 Å². The van der Waals surface area contributed by atoms with Crippen LogP contribution in [0.3, 0.4) is 0 Å². The van der Waals surface area contributed by atoms with E-state index in [4.69, 9.17) is 9.47 Å². The van der Waals surface area contributed by atoms with Crippen LogP contribution in [0.2, 0.25) is 0 Å². The van der Waals surface area contributed by atoms with Crippen LogP contribution in [-0.2, 0) is 19.4 Å². The van der Waals surface area contributed by atoms with Gasteiger partial charge < -0.3 is 9.47 Å². The third kappa shape index (κ3) is 5.76. The van der Waals surface area contributed by atoms with Gasteiger partial charge in [-0.3, -0.25) is 20.4 Å². The summed E-state index contributed by atoms with van der Waals surface area (Å²) in [4.78, 5) is 23.5. The van der Waals surface area contributed by atoms with Gasteiger partial charge >= 0.3 is 0 Å². The van der Waals surface area contributed by atoms with Gasteiger partial charge in [0.15, 0.2) is 21.3 Å². The first-order valence-corrected chi connectivity index (χ1v) is 9.84. The number of nitrogens with one attached hydrogen (secondary N) is 2. The summed E-state index contributed by atoms with van der Waals surface area (Å²) in [6.45, 7) is 0. The molecular weight excluding hydrogens is 360 g/mol. The summed E-state index contributed by atoms with van der Waals surface area (Å²) in [5, 5.41) is 0. The number of carbonyl (C=O) groups excluding carboxylic acids is 2. The predicted molar refractivity (Wildman–Crippen MR) is 96.2 cm³/mol. The Balaban J connectivity index is 1.81. The molecule has 1 aliphatic rings. The van der Waals surface area contributed by atoms with E-state index in [2.05, 4.69) is 10.9 Å². The summed E-state index contributed by atoms with van der Waals surface area (Å²) in [6.07, 6.45) is 3.37. The van der Waals surface area contributed by atoms with Gasteiger partial charge in [-0.2, -0.15) is 0 Å². The van der Waals surface area contributed by atoms with Gasteiger partial charge in [0.05, 0.1) is 25.7 Å². The zero-order chi connectivity index (χ0) is 19.2. The van der Waals surface area contributed by atoms with E-state index >= 15 is 0 Å². The van der Waals surface area contributed by atoms with Crippen LogP contribution in [0.25, 0.3) is 6.08 Å². The number of rotatable bonds is 6. The molecule has 0 aromatic heterocycles. The van der Waals surface area contributed by atoms with Crippen molar-refractivity contribution in [3.63, 3.8) is 0 Å². The molecule has 1 fully saturated rings. The zero-order valence-corrected chi connectivity index (χ0v) is 15.5. The molecule has 1 aromatic carbocycles. The molecule has 0 saturated carbocycles. The number of hydrogen-bond acceptors (Lipinski definition) is 6. The van der Waals surface area contributed by atoms with E-state index in [1.165, 1.54) is 20.3 Å².